The van der Waals surface area contributed by atoms with Gasteiger partial charge in [-0.1, -0.05) is 48.0 Å². The van der Waals surface area contributed by atoms with E-state index in [1.807, 2.05) is 5.32 Å². The first-order valence-corrected chi connectivity index (χ1v) is 7.11. The number of nitrogens with one attached hydrogen (secondary N) is 1. The van der Waals surface area contributed by atoms with Gasteiger partial charge in [0.25, 0.3) is 5.91 Å². The molecule has 2 aromatic carbocycles. The van der Waals surface area contributed by atoms with E-state index in [-0.39, 0.29) is 5.02 Å². The summed E-state index contributed by atoms with van der Waals surface area (Å²) in [7, 11) is 0. The summed E-state index contributed by atoms with van der Waals surface area (Å²) >= 11 is 5.70. The van der Waals surface area contributed by atoms with Crippen molar-refractivity contribution < 1.29 is 27.5 Å². The molecule has 0 saturated heterocycles. The van der Waals surface area contributed by atoms with Crippen LogP contribution in [-0.2, 0) is 5.60 Å². The third-order valence-electron chi connectivity index (χ3n) is 3.41. The maximum Gasteiger partial charge on any atom is 0.423 e. The first-order chi connectivity index (χ1) is 11.2. The van der Waals surface area contributed by atoms with Crippen LogP contribution in [0.5, 0.6) is 0 Å². The number of aliphatic hydroxyl groups is 1. The number of hydrogen-bond donors (Lipinski definition) is 2. The molecule has 3 nitrogen and oxygen atoms in total. The molecule has 0 aromatic heterocycles. The molecule has 2 rings (SSSR count). The molecule has 0 saturated carbocycles. The molecule has 0 aliphatic carbocycles. The van der Waals surface area contributed by atoms with Gasteiger partial charge in [0.15, 0.2) is 0 Å². The molecule has 128 valence electrons. The van der Waals surface area contributed by atoms with Crippen molar-refractivity contribution in [3.63, 3.8) is 0 Å². The van der Waals surface area contributed by atoms with Gasteiger partial charge in [0.2, 0.25) is 5.60 Å². The average molecular weight is 362 g/mol. The predicted octanol–water partition coefficient (Wildman–Crippen LogP) is 3.66. The first-order valence-electron chi connectivity index (χ1n) is 6.73. The smallest absolute Gasteiger partial charge is 0.375 e. The number of rotatable bonds is 4. The zero-order valence-corrected chi connectivity index (χ0v) is 12.8. The Morgan fingerprint density at radius 2 is 1.71 bits per heavy atom. The van der Waals surface area contributed by atoms with Gasteiger partial charge in [0, 0.05) is 0 Å². The molecule has 0 bridgehead atoms. The van der Waals surface area contributed by atoms with Gasteiger partial charge >= 0.3 is 6.18 Å². The summed E-state index contributed by atoms with van der Waals surface area (Å²) in [5.41, 5.74) is -4.35. The van der Waals surface area contributed by atoms with Crippen molar-refractivity contribution in [3.8, 4) is 0 Å². The Kier molecular flexibility index (Phi) is 5.15. The fourth-order valence-corrected chi connectivity index (χ4v) is 2.34. The fourth-order valence-electron chi connectivity index (χ4n) is 2.09. The normalized spacial score (nSPS) is 14.1. The summed E-state index contributed by atoms with van der Waals surface area (Å²) in [6.07, 6.45) is -5.05. The molecular weight excluding hydrogens is 350 g/mol. The first kappa shape index (κ1) is 18.2. The van der Waals surface area contributed by atoms with Gasteiger partial charge in [0.1, 0.15) is 5.82 Å². The van der Waals surface area contributed by atoms with E-state index in [2.05, 4.69) is 0 Å². The van der Waals surface area contributed by atoms with Crippen LogP contribution in [0.3, 0.4) is 0 Å². The monoisotopic (exact) mass is 361 g/mol. The Labute approximate surface area is 139 Å². The van der Waals surface area contributed by atoms with Crippen LogP contribution in [0, 0.1) is 5.82 Å². The van der Waals surface area contributed by atoms with E-state index >= 15 is 0 Å². The maximum absolute atomic E-state index is 13.6. The topological polar surface area (TPSA) is 49.3 Å². The lowest BCUT2D eigenvalue weighted by Gasteiger charge is -2.31. The van der Waals surface area contributed by atoms with Gasteiger partial charge in [-0.25, -0.2) is 4.39 Å². The minimum absolute atomic E-state index is 0.247. The highest BCUT2D eigenvalue weighted by atomic mass is 35.5. The lowest BCUT2D eigenvalue weighted by Crippen LogP contribution is -2.51. The van der Waals surface area contributed by atoms with Crippen LogP contribution in [0.1, 0.15) is 15.9 Å². The lowest BCUT2D eigenvalue weighted by molar-refractivity contribution is -0.263. The van der Waals surface area contributed by atoms with E-state index in [9.17, 15) is 27.5 Å². The van der Waals surface area contributed by atoms with Gasteiger partial charge in [0.05, 0.1) is 17.1 Å². The van der Waals surface area contributed by atoms with E-state index < -0.39 is 41.2 Å². The molecule has 8 heteroatoms. The van der Waals surface area contributed by atoms with Gasteiger partial charge in [-0.3, -0.25) is 4.79 Å². The second kappa shape index (κ2) is 6.78. The quantitative estimate of drug-likeness (QED) is 0.817. The molecule has 2 aromatic rings. The number of alkyl halides is 3. The number of amides is 1. The Hall–Kier alpha value is -2.12. The van der Waals surface area contributed by atoms with Crippen LogP contribution in [0.4, 0.5) is 17.6 Å². The molecule has 0 heterocycles. The summed E-state index contributed by atoms with van der Waals surface area (Å²) in [6, 6.07) is 9.72. The van der Waals surface area contributed by atoms with Crippen molar-refractivity contribution in [1.29, 1.82) is 0 Å². The number of carbonyl (C=O) groups excluding carboxylic acids is 1. The minimum atomic E-state index is -5.05. The zero-order chi connectivity index (χ0) is 18.0. The number of benzene rings is 2. The predicted molar refractivity (Wildman–Crippen MR) is 80.1 cm³/mol. The van der Waals surface area contributed by atoms with Crippen molar-refractivity contribution in [1.82, 2.24) is 5.32 Å². The Morgan fingerprint density at radius 3 is 2.25 bits per heavy atom. The highest BCUT2D eigenvalue weighted by molar-refractivity contribution is 6.33. The highest BCUT2D eigenvalue weighted by Crippen LogP contribution is 2.38. The molecular formula is C16H12ClF4NO2. The maximum atomic E-state index is 13.6. The fraction of sp³-hybridized carbons (Fsp3) is 0.188. The molecule has 0 fully saturated rings. The van der Waals surface area contributed by atoms with Gasteiger partial charge in [-0.2, -0.15) is 13.2 Å². The molecule has 0 unspecified atom stereocenters. The Morgan fingerprint density at radius 1 is 1.08 bits per heavy atom. The van der Waals surface area contributed by atoms with E-state index in [0.717, 1.165) is 18.2 Å². The second-order valence-corrected chi connectivity index (χ2v) is 5.41. The third kappa shape index (κ3) is 3.52. The Bertz CT molecular complexity index is 716. The molecule has 0 radical (unpaired) electrons. The van der Waals surface area contributed by atoms with Crippen molar-refractivity contribution in [2.75, 3.05) is 6.54 Å². The van der Waals surface area contributed by atoms with Gasteiger partial charge in [-0.15, -0.1) is 0 Å². The summed E-state index contributed by atoms with van der Waals surface area (Å²) in [6.45, 7) is -1.19. The van der Waals surface area contributed by atoms with E-state index in [1.165, 1.54) is 30.3 Å². The average Bonchev–Trinajstić information content (AvgIpc) is 2.52. The van der Waals surface area contributed by atoms with Crippen LogP contribution >= 0.6 is 11.6 Å². The van der Waals surface area contributed by atoms with Crippen LogP contribution in [0.15, 0.2) is 48.5 Å². The molecule has 0 spiro atoms. The van der Waals surface area contributed by atoms with Crippen molar-refractivity contribution in [2.45, 2.75) is 11.8 Å². The van der Waals surface area contributed by atoms with Crippen molar-refractivity contribution in [2.24, 2.45) is 0 Å². The molecule has 0 aliphatic heterocycles. The SMILES string of the molecule is O=C(NC[C@@](O)(c1ccccc1)C(F)(F)F)c1c(F)cccc1Cl. The summed E-state index contributed by atoms with van der Waals surface area (Å²) in [5.74, 6) is -2.13. The Balaban J connectivity index is 2.28. The van der Waals surface area contributed by atoms with Crippen LogP contribution in [0.2, 0.25) is 5.02 Å². The van der Waals surface area contributed by atoms with Gasteiger partial charge < -0.3 is 10.4 Å². The number of halogens is 5. The summed E-state index contributed by atoms with van der Waals surface area (Å²) < 4.78 is 53.5. The molecule has 24 heavy (non-hydrogen) atoms. The third-order valence-corrected chi connectivity index (χ3v) is 3.73. The molecule has 1 atom stereocenters. The molecule has 0 aliphatic rings. The minimum Gasteiger partial charge on any atom is -0.375 e. The standard InChI is InChI=1S/C16H12ClF4NO2/c17-11-7-4-8-12(18)13(11)14(23)22-9-15(24,16(19,20)21)10-5-2-1-3-6-10/h1-8,24H,9H2,(H,22,23)/t15-/m1/s1. The second-order valence-electron chi connectivity index (χ2n) is 5.00. The van der Waals surface area contributed by atoms with Crippen LogP contribution in [0.25, 0.3) is 0 Å². The van der Waals surface area contributed by atoms with Crippen LogP contribution < -0.4 is 5.32 Å². The van der Waals surface area contributed by atoms with Crippen LogP contribution in [-0.4, -0.2) is 23.7 Å². The lowest BCUT2D eigenvalue weighted by atomic mass is 9.93. The molecule has 1 amide bonds. The van der Waals surface area contributed by atoms with E-state index in [4.69, 9.17) is 11.6 Å². The van der Waals surface area contributed by atoms with Crippen molar-refractivity contribution >= 4 is 17.5 Å². The summed E-state index contributed by atoms with van der Waals surface area (Å²) in [4.78, 5) is 12.0. The zero-order valence-electron chi connectivity index (χ0n) is 12.1. The molecule has 2 N–H and O–H groups in total. The van der Waals surface area contributed by atoms with E-state index in [0.29, 0.717) is 0 Å². The van der Waals surface area contributed by atoms with E-state index in [1.54, 1.807) is 0 Å². The number of hydrogen-bond acceptors (Lipinski definition) is 2. The summed E-state index contributed by atoms with van der Waals surface area (Å²) in [5, 5.41) is 11.7. The van der Waals surface area contributed by atoms with Gasteiger partial charge in [-0.05, 0) is 17.7 Å². The largest absolute Gasteiger partial charge is 0.423 e. The number of carbonyl (C=O) groups is 1. The van der Waals surface area contributed by atoms with Crippen molar-refractivity contribution in [3.05, 3.63) is 70.5 Å². The highest BCUT2D eigenvalue weighted by Gasteiger charge is 2.55.